The summed E-state index contributed by atoms with van der Waals surface area (Å²) in [6, 6.07) is 5.84. The van der Waals surface area contributed by atoms with Crippen LogP contribution in [0.4, 0.5) is 0 Å². The van der Waals surface area contributed by atoms with E-state index in [1.807, 2.05) is 24.4 Å². The van der Waals surface area contributed by atoms with Crippen LogP contribution >= 0.6 is 0 Å². The van der Waals surface area contributed by atoms with Gasteiger partial charge < -0.3 is 9.88 Å². The van der Waals surface area contributed by atoms with Gasteiger partial charge in [-0.2, -0.15) is 0 Å². The third kappa shape index (κ3) is 2.39. The summed E-state index contributed by atoms with van der Waals surface area (Å²) in [7, 11) is 4.11. The molecule has 0 unspecified atom stereocenters. The number of likely N-dealkylation sites (N-methyl/N-ethyl adjacent to an activating group) is 1. The Morgan fingerprint density at radius 3 is 2.76 bits per heavy atom. The number of hydrogen-bond acceptors (Lipinski definition) is 2. The number of carbonyl (C=O) groups is 1. The van der Waals surface area contributed by atoms with Gasteiger partial charge in [-0.25, -0.2) is 0 Å². The van der Waals surface area contributed by atoms with E-state index < -0.39 is 0 Å². The number of ketones is 1. The van der Waals surface area contributed by atoms with Crippen LogP contribution in [0.3, 0.4) is 0 Å². The SMILES string of the molecule is CC(=O)c1cccc2[nH]cc(CCN(C)C)c12. The molecule has 0 aliphatic rings. The van der Waals surface area contributed by atoms with Crippen LogP contribution in [0, 0.1) is 0 Å². The molecule has 1 aromatic heterocycles. The normalized spacial score (nSPS) is 11.3. The third-order valence-corrected chi connectivity index (χ3v) is 3.00. The van der Waals surface area contributed by atoms with E-state index in [2.05, 4.69) is 24.0 Å². The zero-order chi connectivity index (χ0) is 12.4. The summed E-state index contributed by atoms with van der Waals surface area (Å²) in [5, 5.41) is 1.09. The fraction of sp³-hybridized carbons (Fsp3) is 0.357. The van der Waals surface area contributed by atoms with Crippen LogP contribution in [-0.2, 0) is 6.42 Å². The summed E-state index contributed by atoms with van der Waals surface area (Å²) >= 11 is 0. The maximum absolute atomic E-state index is 11.6. The van der Waals surface area contributed by atoms with Crippen molar-refractivity contribution in [2.24, 2.45) is 0 Å². The minimum absolute atomic E-state index is 0.126. The lowest BCUT2D eigenvalue weighted by molar-refractivity contribution is 0.101. The highest BCUT2D eigenvalue weighted by atomic mass is 16.1. The van der Waals surface area contributed by atoms with E-state index in [1.165, 1.54) is 5.56 Å². The van der Waals surface area contributed by atoms with Crippen LogP contribution in [0.25, 0.3) is 10.9 Å². The molecule has 2 aromatic rings. The molecule has 0 aliphatic heterocycles. The highest BCUT2D eigenvalue weighted by Crippen LogP contribution is 2.23. The van der Waals surface area contributed by atoms with Crippen molar-refractivity contribution in [3.63, 3.8) is 0 Å². The number of aromatic nitrogens is 1. The molecular formula is C14H18N2O. The molecule has 0 saturated heterocycles. The second-order valence-corrected chi connectivity index (χ2v) is 4.65. The molecule has 1 heterocycles. The topological polar surface area (TPSA) is 36.1 Å². The maximum atomic E-state index is 11.6. The molecule has 0 bridgehead atoms. The van der Waals surface area contributed by atoms with Crippen molar-refractivity contribution in [2.45, 2.75) is 13.3 Å². The van der Waals surface area contributed by atoms with E-state index in [0.29, 0.717) is 0 Å². The molecule has 0 spiro atoms. The van der Waals surface area contributed by atoms with Gasteiger partial charge in [0.2, 0.25) is 0 Å². The standard InChI is InChI=1S/C14H18N2O/c1-10(17)12-5-4-6-13-14(12)11(9-15-13)7-8-16(2)3/h4-6,9,15H,7-8H2,1-3H3. The second kappa shape index (κ2) is 4.72. The van der Waals surface area contributed by atoms with Crippen LogP contribution in [0.1, 0.15) is 22.8 Å². The fourth-order valence-corrected chi connectivity index (χ4v) is 2.09. The zero-order valence-corrected chi connectivity index (χ0v) is 10.6. The van der Waals surface area contributed by atoms with E-state index in [4.69, 9.17) is 0 Å². The van der Waals surface area contributed by atoms with Gasteiger partial charge in [-0.15, -0.1) is 0 Å². The van der Waals surface area contributed by atoms with Gasteiger partial charge in [0.25, 0.3) is 0 Å². The Morgan fingerprint density at radius 1 is 1.35 bits per heavy atom. The molecule has 1 N–H and O–H groups in total. The monoisotopic (exact) mass is 230 g/mol. The van der Waals surface area contributed by atoms with Crippen molar-refractivity contribution in [1.29, 1.82) is 0 Å². The summed E-state index contributed by atoms with van der Waals surface area (Å²) in [5.41, 5.74) is 3.09. The van der Waals surface area contributed by atoms with Gasteiger partial charge in [0, 0.05) is 29.2 Å². The van der Waals surface area contributed by atoms with Crippen molar-refractivity contribution < 1.29 is 4.79 Å². The minimum atomic E-state index is 0.126. The number of nitrogens with one attached hydrogen (secondary N) is 1. The first-order valence-electron chi connectivity index (χ1n) is 5.84. The van der Waals surface area contributed by atoms with Crippen LogP contribution in [0.5, 0.6) is 0 Å². The Balaban J connectivity index is 2.46. The Labute approximate surface area is 101 Å². The van der Waals surface area contributed by atoms with E-state index in [1.54, 1.807) is 6.92 Å². The van der Waals surface area contributed by atoms with Gasteiger partial charge >= 0.3 is 0 Å². The highest BCUT2D eigenvalue weighted by molar-refractivity contribution is 6.07. The Kier molecular flexibility index (Phi) is 3.29. The van der Waals surface area contributed by atoms with Crippen molar-refractivity contribution in [2.75, 3.05) is 20.6 Å². The lowest BCUT2D eigenvalue weighted by Gasteiger charge is -2.09. The number of benzene rings is 1. The molecule has 1 aromatic carbocycles. The molecule has 17 heavy (non-hydrogen) atoms. The van der Waals surface area contributed by atoms with Gasteiger partial charge in [0.15, 0.2) is 5.78 Å². The van der Waals surface area contributed by atoms with Gasteiger partial charge in [-0.05, 0) is 39.1 Å². The predicted molar refractivity (Wildman–Crippen MR) is 70.6 cm³/mol. The molecule has 0 saturated carbocycles. The zero-order valence-electron chi connectivity index (χ0n) is 10.6. The number of Topliss-reactive ketones (excluding diaryl/α,β-unsaturated/α-hetero) is 1. The Morgan fingerprint density at radius 2 is 2.12 bits per heavy atom. The third-order valence-electron chi connectivity index (χ3n) is 3.00. The van der Waals surface area contributed by atoms with Crippen molar-refractivity contribution in [3.05, 3.63) is 35.5 Å². The number of hydrogen-bond donors (Lipinski definition) is 1. The van der Waals surface area contributed by atoms with E-state index >= 15 is 0 Å². The molecule has 0 fully saturated rings. The van der Waals surface area contributed by atoms with Crippen LogP contribution in [0.15, 0.2) is 24.4 Å². The average Bonchev–Trinajstić information content (AvgIpc) is 2.69. The molecule has 0 aliphatic carbocycles. The molecule has 3 heteroatoms. The molecule has 0 atom stereocenters. The quantitative estimate of drug-likeness (QED) is 0.819. The first kappa shape index (κ1) is 11.9. The van der Waals surface area contributed by atoms with Crippen molar-refractivity contribution in [1.82, 2.24) is 9.88 Å². The van der Waals surface area contributed by atoms with Crippen LogP contribution in [0.2, 0.25) is 0 Å². The summed E-state index contributed by atoms with van der Waals surface area (Å²) in [4.78, 5) is 17.0. The smallest absolute Gasteiger partial charge is 0.160 e. The summed E-state index contributed by atoms with van der Waals surface area (Å²) < 4.78 is 0. The molecule has 2 rings (SSSR count). The lowest BCUT2D eigenvalue weighted by atomic mass is 10.0. The van der Waals surface area contributed by atoms with Crippen molar-refractivity contribution >= 4 is 16.7 Å². The molecule has 90 valence electrons. The van der Waals surface area contributed by atoms with Gasteiger partial charge in [0.1, 0.15) is 0 Å². The first-order valence-corrected chi connectivity index (χ1v) is 5.84. The number of rotatable bonds is 4. The lowest BCUT2D eigenvalue weighted by Crippen LogP contribution is -2.15. The Bertz CT molecular complexity index is 540. The van der Waals surface area contributed by atoms with Gasteiger partial charge in [0.05, 0.1) is 0 Å². The van der Waals surface area contributed by atoms with Crippen LogP contribution < -0.4 is 0 Å². The van der Waals surface area contributed by atoms with Gasteiger partial charge in [-0.1, -0.05) is 12.1 Å². The first-order chi connectivity index (χ1) is 8.09. The van der Waals surface area contributed by atoms with Gasteiger partial charge in [-0.3, -0.25) is 4.79 Å². The minimum Gasteiger partial charge on any atom is -0.361 e. The van der Waals surface area contributed by atoms with Crippen LogP contribution in [-0.4, -0.2) is 36.3 Å². The predicted octanol–water partition coefficient (Wildman–Crippen LogP) is 2.47. The fourth-order valence-electron chi connectivity index (χ4n) is 2.09. The number of carbonyl (C=O) groups excluding carboxylic acids is 1. The molecule has 0 radical (unpaired) electrons. The molecular weight excluding hydrogens is 212 g/mol. The number of aromatic amines is 1. The van der Waals surface area contributed by atoms with E-state index in [-0.39, 0.29) is 5.78 Å². The number of fused-ring (bicyclic) bond motifs is 1. The van der Waals surface area contributed by atoms with Crippen molar-refractivity contribution in [3.8, 4) is 0 Å². The summed E-state index contributed by atoms with van der Waals surface area (Å²) in [6.45, 7) is 2.61. The van der Waals surface area contributed by atoms with E-state index in [9.17, 15) is 4.79 Å². The maximum Gasteiger partial charge on any atom is 0.160 e. The second-order valence-electron chi connectivity index (χ2n) is 4.65. The highest BCUT2D eigenvalue weighted by Gasteiger charge is 2.11. The summed E-state index contributed by atoms with van der Waals surface area (Å²) in [6.07, 6.45) is 2.97. The molecule has 0 amide bonds. The molecule has 3 nitrogen and oxygen atoms in total. The number of nitrogens with zero attached hydrogens (tertiary/aromatic N) is 1. The number of H-pyrrole nitrogens is 1. The summed E-state index contributed by atoms with van der Waals surface area (Å²) in [5.74, 6) is 0.126. The van der Waals surface area contributed by atoms with E-state index in [0.717, 1.165) is 29.4 Å². The largest absolute Gasteiger partial charge is 0.361 e. The Hall–Kier alpha value is -1.61. The average molecular weight is 230 g/mol.